The van der Waals surface area contributed by atoms with Gasteiger partial charge in [-0.1, -0.05) is 12.1 Å². The van der Waals surface area contributed by atoms with Crippen LogP contribution in [0.4, 0.5) is 5.69 Å². The number of hydrogen-bond donors (Lipinski definition) is 2. The van der Waals surface area contributed by atoms with Crippen molar-refractivity contribution in [1.29, 1.82) is 0 Å². The van der Waals surface area contributed by atoms with E-state index < -0.39 is 16.1 Å². The molecule has 0 aliphatic carbocycles. The topological polar surface area (TPSA) is 93.1 Å². The maximum atomic E-state index is 12.6. The molecule has 1 atom stereocenters. The van der Waals surface area contributed by atoms with E-state index in [0.29, 0.717) is 5.69 Å². The summed E-state index contributed by atoms with van der Waals surface area (Å²) < 4.78 is 29.7. The van der Waals surface area contributed by atoms with E-state index in [2.05, 4.69) is 15.0 Å². The fourth-order valence-electron chi connectivity index (χ4n) is 2.64. The van der Waals surface area contributed by atoms with Crippen molar-refractivity contribution in [3.8, 4) is 5.69 Å². The Morgan fingerprint density at radius 3 is 2.30 bits per heavy atom. The van der Waals surface area contributed by atoms with E-state index in [1.807, 2.05) is 35.0 Å². The van der Waals surface area contributed by atoms with Gasteiger partial charge in [0.1, 0.15) is 0 Å². The van der Waals surface area contributed by atoms with Gasteiger partial charge in [-0.05, 0) is 48.9 Å². The lowest BCUT2D eigenvalue weighted by atomic mass is 10.1. The summed E-state index contributed by atoms with van der Waals surface area (Å²) in [7, 11) is -3.68. The minimum Gasteiger partial charge on any atom is -0.326 e. The van der Waals surface area contributed by atoms with Gasteiger partial charge < -0.3 is 9.88 Å². The van der Waals surface area contributed by atoms with Gasteiger partial charge in [-0.3, -0.25) is 4.79 Å². The van der Waals surface area contributed by atoms with Gasteiger partial charge >= 0.3 is 0 Å². The summed E-state index contributed by atoms with van der Waals surface area (Å²) in [6.07, 6.45) is 5.24. The normalized spacial score (nSPS) is 12.5. The molecule has 8 heteroatoms. The summed E-state index contributed by atoms with van der Waals surface area (Å²) in [5, 5.41) is 2.61. The number of amides is 1. The highest BCUT2D eigenvalue weighted by molar-refractivity contribution is 7.89. The van der Waals surface area contributed by atoms with Crippen molar-refractivity contribution < 1.29 is 13.2 Å². The van der Waals surface area contributed by atoms with Gasteiger partial charge in [-0.15, -0.1) is 0 Å². The highest BCUT2D eigenvalue weighted by atomic mass is 32.2. The SMILES string of the molecule is CC(=O)Nc1ccc(S(=O)(=O)N[C@@H](C)c2ccc(-n3ccnc3)cc2)cc1. The van der Waals surface area contributed by atoms with Crippen molar-refractivity contribution in [3.63, 3.8) is 0 Å². The summed E-state index contributed by atoms with van der Waals surface area (Å²) in [6, 6.07) is 13.2. The molecule has 7 nitrogen and oxygen atoms in total. The number of carbonyl (C=O) groups is 1. The Kier molecular flexibility index (Phi) is 5.38. The Hall–Kier alpha value is -2.97. The maximum absolute atomic E-state index is 12.6. The van der Waals surface area contributed by atoms with Crippen molar-refractivity contribution >= 4 is 21.6 Å². The van der Waals surface area contributed by atoms with Gasteiger partial charge in [0.2, 0.25) is 15.9 Å². The van der Waals surface area contributed by atoms with Crippen LogP contribution in [-0.2, 0) is 14.8 Å². The summed E-state index contributed by atoms with van der Waals surface area (Å²) in [5.41, 5.74) is 2.33. The first-order chi connectivity index (χ1) is 12.8. The Balaban J connectivity index is 1.72. The molecular formula is C19H20N4O3S. The summed E-state index contributed by atoms with van der Waals surface area (Å²) >= 11 is 0. The molecule has 140 valence electrons. The summed E-state index contributed by atoms with van der Waals surface area (Å²) in [6.45, 7) is 3.18. The maximum Gasteiger partial charge on any atom is 0.241 e. The van der Waals surface area contributed by atoms with Crippen LogP contribution in [0, 0.1) is 0 Å². The van der Waals surface area contributed by atoms with E-state index in [1.165, 1.54) is 19.1 Å². The van der Waals surface area contributed by atoms with Crippen LogP contribution in [-0.4, -0.2) is 23.9 Å². The number of carbonyl (C=O) groups excluding carboxylic acids is 1. The standard InChI is InChI=1S/C19H20N4O3S/c1-14(16-3-7-18(8-4-16)23-12-11-20-13-23)22-27(25,26)19-9-5-17(6-10-19)21-15(2)24/h3-14,22H,1-2H3,(H,21,24)/t14-/m0/s1. The molecule has 0 radical (unpaired) electrons. The highest BCUT2D eigenvalue weighted by Gasteiger charge is 2.18. The molecule has 3 rings (SSSR count). The molecule has 2 aromatic carbocycles. The lowest BCUT2D eigenvalue weighted by molar-refractivity contribution is -0.114. The summed E-state index contributed by atoms with van der Waals surface area (Å²) in [4.78, 5) is 15.2. The van der Waals surface area contributed by atoms with Crippen LogP contribution in [0.25, 0.3) is 5.69 Å². The van der Waals surface area contributed by atoms with Crippen molar-refractivity contribution in [1.82, 2.24) is 14.3 Å². The van der Waals surface area contributed by atoms with Crippen LogP contribution in [0.15, 0.2) is 72.1 Å². The third-order valence-corrected chi connectivity index (χ3v) is 5.57. The zero-order valence-corrected chi connectivity index (χ0v) is 15.8. The van der Waals surface area contributed by atoms with Crippen molar-refractivity contribution in [2.75, 3.05) is 5.32 Å². The molecule has 2 N–H and O–H groups in total. The predicted octanol–water partition coefficient (Wildman–Crippen LogP) is 2.87. The number of nitrogens with zero attached hydrogens (tertiary/aromatic N) is 2. The molecule has 0 fully saturated rings. The molecule has 0 saturated carbocycles. The molecule has 0 aliphatic heterocycles. The Morgan fingerprint density at radius 2 is 1.74 bits per heavy atom. The van der Waals surface area contributed by atoms with E-state index in [9.17, 15) is 13.2 Å². The molecule has 0 saturated heterocycles. The first-order valence-corrected chi connectivity index (χ1v) is 9.82. The molecule has 3 aromatic rings. The number of rotatable bonds is 6. The lowest BCUT2D eigenvalue weighted by Gasteiger charge is -2.15. The predicted molar refractivity (Wildman–Crippen MR) is 103 cm³/mol. The van der Waals surface area contributed by atoms with Gasteiger partial charge in [0.15, 0.2) is 0 Å². The Bertz CT molecular complexity index is 1010. The average molecular weight is 384 g/mol. The lowest BCUT2D eigenvalue weighted by Crippen LogP contribution is -2.26. The number of anilines is 1. The minimum atomic E-state index is -3.68. The number of sulfonamides is 1. The van der Waals surface area contributed by atoms with Crippen molar-refractivity contribution in [3.05, 3.63) is 72.8 Å². The van der Waals surface area contributed by atoms with Crippen LogP contribution in [0.5, 0.6) is 0 Å². The van der Waals surface area contributed by atoms with Crippen LogP contribution in [0.2, 0.25) is 0 Å². The largest absolute Gasteiger partial charge is 0.326 e. The second kappa shape index (κ2) is 7.73. The quantitative estimate of drug-likeness (QED) is 0.683. The molecule has 0 unspecified atom stereocenters. The average Bonchev–Trinajstić information content (AvgIpc) is 3.16. The summed E-state index contributed by atoms with van der Waals surface area (Å²) in [5.74, 6) is -0.212. The van der Waals surface area contributed by atoms with Crippen LogP contribution < -0.4 is 10.0 Å². The molecule has 0 aliphatic rings. The van der Waals surface area contributed by atoms with Crippen LogP contribution >= 0.6 is 0 Å². The Morgan fingerprint density at radius 1 is 1.07 bits per heavy atom. The molecule has 1 heterocycles. The second-order valence-corrected chi connectivity index (χ2v) is 7.82. The first kappa shape index (κ1) is 18.8. The van der Waals surface area contributed by atoms with Crippen molar-refractivity contribution in [2.45, 2.75) is 24.8 Å². The number of benzene rings is 2. The fourth-order valence-corrected chi connectivity index (χ4v) is 3.87. The Labute approximate surface area is 158 Å². The van der Waals surface area contributed by atoms with Gasteiger partial charge in [0.25, 0.3) is 0 Å². The molecule has 0 bridgehead atoms. The highest BCUT2D eigenvalue weighted by Crippen LogP contribution is 2.20. The molecule has 1 amide bonds. The molecule has 27 heavy (non-hydrogen) atoms. The number of aromatic nitrogens is 2. The first-order valence-electron chi connectivity index (χ1n) is 8.33. The third-order valence-electron chi connectivity index (χ3n) is 4.01. The second-order valence-electron chi connectivity index (χ2n) is 6.11. The van der Waals surface area contributed by atoms with E-state index in [1.54, 1.807) is 31.6 Å². The van der Waals surface area contributed by atoms with Crippen LogP contribution in [0.1, 0.15) is 25.5 Å². The van der Waals surface area contributed by atoms with E-state index in [4.69, 9.17) is 0 Å². The zero-order chi connectivity index (χ0) is 19.4. The number of nitrogens with one attached hydrogen (secondary N) is 2. The number of imidazole rings is 1. The van der Waals surface area contributed by atoms with Gasteiger partial charge in [-0.2, -0.15) is 0 Å². The smallest absolute Gasteiger partial charge is 0.241 e. The monoisotopic (exact) mass is 384 g/mol. The van der Waals surface area contributed by atoms with E-state index >= 15 is 0 Å². The third kappa shape index (κ3) is 4.60. The van der Waals surface area contributed by atoms with Gasteiger partial charge in [0.05, 0.1) is 11.2 Å². The fraction of sp³-hybridized carbons (Fsp3) is 0.158. The van der Waals surface area contributed by atoms with E-state index in [0.717, 1.165) is 11.3 Å². The van der Waals surface area contributed by atoms with Gasteiger partial charge in [0, 0.05) is 36.7 Å². The van der Waals surface area contributed by atoms with Crippen LogP contribution in [0.3, 0.4) is 0 Å². The van der Waals surface area contributed by atoms with E-state index in [-0.39, 0.29) is 10.8 Å². The van der Waals surface area contributed by atoms with Gasteiger partial charge in [-0.25, -0.2) is 18.1 Å². The molecule has 1 aromatic heterocycles. The van der Waals surface area contributed by atoms with Crippen molar-refractivity contribution in [2.24, 2.45) is 0 Å². The minimum absolute atomic E-state index is 0.137. The zero-order valence-electron chi connectivity index (χ0n) is 15.0. The molecule has 0 spiro atoms. The molecular weight excluding hydrogens is 364 g/mol. The number of hydrogen-bond acceptors (Lipinski definition) is 4.